The Hall–Kier alpha value is 0.170. The molecule has 3 nitrogen and oxygen atoms in total. The van der Waals surface area contributed by atoms with Crippen molar-refractivity contribution in [3.63, 3.8) is 0 Å². The molecule has 0 spiro atoms. The van der Waals surface area contributed by atoms with Crippen molar-refractivity contribution in [2.75, 3.05) is 13.2 Å². The van der Waals surface area contributed by atoms with E-state index in [4.69, 9.17) is 9.84 Å². The Labute approximate surface area is 66.2 Å². The van der Waals surface area contributed by atoms with Gasteiger partial charge in [0.15, 0.2) is 0 Å². The molecular formula is C6H12ClNO2. The Bertz CT molecular complexity index is 120. The van der Waals surface area contributed by atoms with Crippen LogP contribution in [-0.4, -0.2) is 36.5 Å². The number of hydrogen-bond acceptors (Lipinski definition) is 3. The molecule has 0 aromatic rings. The average molecular weight is 166 g/mol. The first-order chi connectivity index (χ1) is 4.38. The Morgan fingerprint density at radius 2 is 2.30 bits per heavy atom. The molecule has 2 N–H and O–H groups in total. The SMILES string of the molecule is Cl.O[C@@H]1C[C@H]2NCCO[C@@H]12. The average Bonchev–Trinajstić information content (AvgIpc) is 1.86. The minimum atomic E-state index is -0.206. The molecule has 0 aromatic carbocycles. The highest BCUT2D eigenvalue weighted by Crippen LogP contribution is 2.25. The third-order valence-corrected chi connectivity index (χ3v) is 2.09. The summed E-state index contributed by atoms with van der Waals surface area (Å²) in [4.78, 5) is 0. The maximum atomic E-state index is 9.08. The van der Waals surface area contributed by atoms with Gasteiger partial charge in [-0.25, -0.2) is 0 Å². The van der Waals surface area contributed by atoms with Crippen LogP contribution in [0, 0.1) is 0 Å². The van der Waals surface area contributed by atoms with Gasteiger partial charge in [-0.1, -0.05) is 0 Å². The maximum absolute atomic E-state index is 9.08. The van der Waals surface area contributed by atoms with Crippen molar-refractivity contribution in [2.24, 2.45) is 0 Å². The fraction of sp³-hybridized carbons (Fsp3) is 1.00. The molecule has 1 aliphatic heterocycles. The predicted molar refractivity (Wildman–Crippen MR) is 39.4 cm³/mol. The number of ether oxygens (including phenoxy) is 1. The third kappa shape index (κ3) is 1.14. The molecule has 2 fully saturated rings. The summed E-state index contributed by atoms with van der Waals surface area (Å²) in [7, 11) is 0. The lowest BCUT2D eigenvalue weighted by Crippen LogP contribution is -2.63. The summed E-state index contributed by atoms with van der Waals surface area (Å²) in [6.45, 7) is 1.69. The van der Waals surface area contributed by atoms with Crippen LogP contribution >= 0.6 is 12.4 Å². The zero-order valence-electron chi connectivity index (χ0n) is 5.62. The van der Waals surface area contributed by atoms with Crippen molar-refractivity contribution in [2.45, 2.75) is 24.7 Å². The molecule has 1 heterocycles. The van der Waals surface area contributed by atoms with E-state index in [9.17, 15) is 0 Å². The molecule has 2 rings (SSSR count). The van der Waals surface area contributed by atoms with E-state index in [0.717, 1.165) is 19.6 Å². The standard InChI is InChI=1S/C6H11NO2.ClH/c8-5-3-4-6(5)9-2-1-7-4;/h4-8H,1-3H2;1H/t4-,5-,6-;/m1./s1. The zero-order valence-corrected chi connectivity index (χ0v) is 6.43. The van der Waals surface area contributed by atoms with Gasteiger partial charge >= 0.3 is 0 Å². The van der Waals surface area contributed by atoms with Crippen molar-refractivity contribution in [1.29, 1.82) is 0 Å². The fourth-order valence-electron chi connectivity index (χ4n) is 1.47. The minimum Gasteiger partial charge on any atom is -0.390 e. The summed E-state index contributed by atoms with van der Waals surface area (Å²) in [5.74, 6) is 0. The van der Waals surface area contributed by atoms with Gasteiger partial charge in [-0.3, -0.25) is 0 Å². The molecule has 0 bridgehead atoms. The van der Waals surface area contributed by atoms with Gasteiger partial charge in [-0.15, -0.1) is 12.4 Å². The molecule has 60 valence electrons. The van der Waals surface area contributed by atoms with Crippen LogP contribution in [0.25, 0.3) is 0 Å². The second-order valence-electron chi connectivity index (χ2n) is 2.70. The van der Waals surface area contributed by atoms with Crippen LogP contribution in [0.1, 0.15) is 6.42 Å². The van der Waals surface area contributed by atoms with Gasteiger partial charge in [0.1, 0.15) is 0 Å². The number of morpholine rings is 1. The third-order valence-electron chi connectivity index (χ3n) is 2.09. The minimum absolute atomic E-state index is 0. The topological polar surface area (TPSA) is 41.5 Å². The van der Waals surface area contributed by atoms with Crippen molar-refractivity contribution in [3.05, 3.63) is 0 Å². The Balaban J connectivity index is 0.000000500. The number of halogens is 1. The first-order valence-electron chi connectivity index (χ1n) is 3.41. The van der Waals surface area contributed by atoms with Gasteiger partial charge in [-0.05, 0) is 6.42 Å². The van der Waals surface area contributed by atoms with Crippen molar-refractivity contribution < 1.29 is 9.84 Å². The molecule has 4 heteroatoms. The zero-order chi connectivity index (χ0) is 6.27. The molecule has 1 saturated carbocycles. The monoisotopic (exact) mass is 165 g/mol. The van der Waals surface area contributed by atoms with Crippen molar-refractivity contribution >= 4 is 12.4 Å². The van der Waals surface area contributed by atoms with Crippen molar-refractivity contribution in [3.8, 4) is 0 Å². The van der Waals surface area contributed by atoms with E-state index in [0.29, 0.717) is 6.04 Å². The molecule has 2 aliphatic rings. The Kier molecular flexibility index (Phi) is 2.52. The van der Waals surface area contributed by atoms with E-state index in [-0.39, 0.29) is 24.6 Å². The second-order valence-corrected chi connectivity index (χ2v) is 2.70. The number of hydrogen-bond donors (Lipinski definition) is 2. The molecule has 0 unspecified atom stereocenters. The van der Waals surface area contributed by atoms with Crippen molar-refractivity contribution in [1.82, 2.24) is 5.32 Å². The molecule has 1 saturated heterocycles. The highest BCUT2D eigenvalue weighted by atomic mass is 35.5. The van der Waals surface area contributed by atoms with Crippen LogP contribution in [0.5, 0.6) is 0 Å². The van der Waals surface area contributed by atoms with Crippen LogP contribution in [0.3, 0.4) is 0 Å². The lowest BCUT2D eigenvalue weighted by Gasteiger charge is -2.44. The summed E-state index contributed by atoms with van der Waals surface area (Å²) in [5, 5.41) is 12.3. The molecule has 0 aromatic heterocycles. The van der Waals surface area contributed by atoms with Crippen LogP contribution in [-0.2, 0) is 4.74 Å². The van der Waals surface area contributed by atoms with E-state index in [2.05, 4.69) is 5.32 Å². The van der Waals surface area contributed by atoms with E-state index in [1.54, 1.807) is 0 Å². The number of aliphatic hydroxyl groups is 1. The van der Waals surface area contributed by atoms with Crippen LogP contribution in [0.4, 0.5) is 0 Å². The van der Waals surface area contributed by atoms with Gasteiger partial charge in [0, 0.05) is 12.6 Å². The van der Waals surface area contributed by atoms with Gasteiger partial charge in [0.2, 0.25) is 0 Å². The lowest BCUT2D eigenvalue weighted by atomic mass is 9.85. The van der Waals surface area contributed by atoms with Gasteiger partial charge in [0.05, 0.1) is 18.8 Å². The first kappa shape index (κ1) is 8.27. The highest BCUT2D eigenvalue weighted by Gasteiger charge is 2.42. The first-order valence-corrected chi connectivity index (χ1v) is 3.41. The largest absolute Gasteiger partial charge is 0.390 e. The van der Waals surface area contributed by atoms with Crippen LogP contribution < -0.4 is 5.32 Å². The Morgan fingerprint density at radius 1 is 1.50 bits per heavy atom. The molecular weight excluding hydrogens is 154 g/mol. The summed E-state index contributed by atoms with van der Waals surface area (Å²) >= 11 is 0. The van der Waals surface area contributed by atoms with Gasteiger partial charge in [-0.2, -0.15) is 0 Å². The predicted octanol–water partition coefficient (Wildman–Crippen LogP) is -0.470. The maximum Gasteiger partial charge on any atom is 0.0988 e. The number of rotatable bonds is 0. The van der Waals surface area contributed by atoms with Gasteiger partial charge in [0.25, 0.3) is 0 Å². The highest BCUT2D eigenvalue weighted by molar-refractivity contribution is 5.85. The second kappa shape index (κ2) is 3.05. The number of fused-ring (bicyclic) bond motifs is 1. The van der Waals surface area contributed by atoms with E-state index in [1.165, 1.54) is 0 Å². The Morgan fingerprint density at radius 3 is 2.80 bits per heavy atom. The van der Waals surface area contributed by atoms with Crippen LogP contribution in [0.15, 0.2) is 0 Å². The van der Waals surface area contributed by atoms with Crippen LogP contribution in [0.2, 0.25) is 0 Å². The summed E-state index contributed by atoms with van der Waals surface area (Å²) in [6, 6.07) is 0.439. The normalized spacial score (nSPS) is 44.7. The molecule has 3 atom stereocenters. The number of nitrogens with one attached hydrogen (secondary N) is 1. The fourth-order valence-corrected chi connectivity index (χ4v) is 1.47. The van der Waals surface area contributed by atoms with E-state index in [1.807, 2.05) is 0 Å². The van der Waals surface area contributed by atoms with E-state index < -0.39 is 0 Å². The molecule has 0 radical (unpaired) electrons. The smallest absolute Gasteiger partial charge is 0.0988 e. The summed E-state index contributed by atoms with van der Waals surface area (Å²) in [5.41, 5.74) is 0. The molecule has 10 heavy (non-hydrogen) atoms. The number of aliphatic hydroxyl groups excluding tert-OH is 1. The quantitative estimate of drug-likeness (QED) is 0.510. The lowest BCUT2D eigenvalue weighted by molar-refractivity contribution is -0.139. The summed E-state index contributed by atoms with van der Waals surface area (Å²) in [6.07, 6.45) is 0.756. The van der Waals surface area contributed by atoms with E-state index >= 15 is 0 Å². The molecule has 0 amide bonds. The summed E-state index contributed by atoms with van der Waals surface area (Å²) < 4.78 is 5.28. The van der Waals surface area contributed by atoms with Gasteiger partial charge < -0.3 is 15.2 Å². The molecule has 1 aliphatic carbocycles.